The van der Waals surface area contributed by atoms with Crippen molar-refractivity contribution in [2.24, 2.45) is 0 Å². The minimum atomic E-state index is -0.177. The third-order valence-corrected chi connectivity index (χ3v) is 3.17. The Bertz CT molecular complexity index is 681. The van der Waals surface area contributed by atoms with Crippen LogP contribution in [0.2, 0.25) is 0 Å². The van der Waals surface area contributed by atoms with E-state index >= 15 is 0 Å². The van der Waals surface area contributed by atoms with Crippen LogP contribution in [0, 0.1) is 11.3 Å². The van der Waals surface area contributed by atoms with Gasteiger partial charge in [-0.2, -0.15) is 5.26 Å². The Labute approximate surface area is 128 Å². The van der Waals surface area contributed by atoms with Gasteiger partial charge < -0.3 is 10.6 Å². The molecule has 2 rings (SSSR count). The Balaban J connectivity index is 1.84. The Kier molecular flexibility index (Phi) is 5.18. The highest BCUT2D eigenvalue weighted by molar-refractivity contribution is 7.80. The molecule has 0 saturated carbocycles. The molecule has 1 amide bonds. The zero-order chi connectivity index (χ0) is 15.1. The first kappa shape index (κ1) is 14.9. The maximum absolute atomic E-state index is 11.9. The summed E-state index contributed by atoms with van der Waals surface area (Å²) in [5.41, 5.74) is 1.01. The zero-order valence-electron chi connectivity index (χ0n) is 11.2. The molecule has 0 saturated heterocycles. The number of pyridine rings is 1. The molecule has 1 heterocycles. The highest BCUT2D eigenvalue weighted by atomic mass is 32.1. The van der Waals surface area contributed by atoms with Gasteiger partial charge in [-0.3, -0.25) is 4.79 Å². The molecule has 0 aliphatic heterocycles. The van der Waals surface area contributed by atoms with Gasteiger partial charge in [-0.15, -0.1) is 12.6 Å². The van der Waals surface area contributed by atoms with Crippen LogP contribution in [0.4, 0.5) is 5.82 Å². The first-order valence-corrected chi connectivity index (χ1v) is 6.82. The number of anilines is 1. The summed E-state index contributed by atoms with van der Waals surface area (Å²) in [6.07, 6.45) is 1.61. The Morgan fingerprint density at radius 1 is 1.24 bits per heavy atom. The number of carbonyl (C=O) groups excluding carboxylic acids is 1. The number of nitrogens with zero attached hydrogens (tertiary/aromatic N) is 2. The maximum atomic E-state index is 11.9. The van der Waals surface area contributed by atoms with E-state index in [1.165, 1.54) is 0 Å². The van der Waals surface area contributed by atoms with Crippen molar-refractivity contribution in [1.29, 1.82) is 5.26 Å². The number of carbonyl (C=O) groups is 1. The molecule has 0 atom stereocenters. The summed E-state index contributed by atoms with van der Waals surface area (Å²) in [6, 6.07) is 12.5. The van der Waals surface area contributed by atoms with Crippen molar-refractivity contribution >= 4 is 24.4 Å². The van der Waals surface area contributed by atoms with Gasteiger partial charge in [0.05, 0.1) is 11.1 Å². The van der Waals surface area contributed by atoms with Crippen LogP contribution in [-0.2, 0) is 0 Å². The summed E-state index contributed by atoms with van der Waals surface area (Å²) < 4.78 is 0. The van der Waals surface area contributed by atoms with Gasteiger partial charge in [0, 0.05) is 24.2 Å². The minimum absolute atomic E-state index is 0.177. The topological polar surface area (TPSA) is 77.8 Å². The van der Waals surface area contributed by atoms with Crippen molar-refractivity contribution < 1.29 is 4.79 Å². The first-order chi connectivity index (χ1) is 10.2. The summed E-state index contributed by atoms with van der Waals surface area (Å²) in [6.45, 7) is 0.897. The van der Waals surface area contributed by atoms with E-state index in [1.54, 1.807) is 36.5 Å². The lowest BCUT2D eigenvalue weighted by Crippen LogP contribution is -2.29. The lowest BCUT2D eigenvalue weighted by Gasteiger charge is -2.09. The molecule has 0 bridgehead atoms. The van der Waals surface area contributed by atoms with Crippen LogP contribution in [-0.4, -0.2) is 24.0 Å². The van der Waals surface area contributed by atoms with Gasteiger partial charge in [-0.05, 0) is 24.3 Å². The molecule has 106 valence electrons. The molecule has 0 radical (unpaired) electrons. The monoisotopic (exact) mass is 298 g/mol. The number of hydrogen-bond acceptors (Lipinski definition) is 5. The number of nitrogens with one attached hydrogen (secondary N) is 2. The predicted molar refractivity (Wildman–Crippen MR) is 83.5 cm³/mol. The number of hydrogen-bond donors (Lipinski definition) is 3. The Morgan fingerprint density at radius 3 is 2.81 bits per heavy atom. The van der Waals surface area contributed by atoms with Gasteiger partial charge in [0.2, 0.25) is 0 Å². The molecule has 0 unspecified atom stereocenters. The highest BCUT2D eigenvalue weighted by Crippen LogP contribution is 2.12. The fourth-order valence-electron chi connectivity index (χ4n) is 1.75. The molecule has 21 heavy (non-hydrogen) atoms. The van der Waals surface area contributed by atoms with E-state index in [2.05, 4.69) is 34.3 Å². The summed E-state index contributed by atoms with van der Waals surface area (Å²) >= 11 is 4.24. The predicted octanol–water partition coefficient (Wildman–Crippen LogP) is 2.08. The maximum Gasteiger partial charge on any atom is 0.252 e. The lowest BCUT2D eigenvalue weighted by molar-refractivity contribution is 0.0952. The van der Waals surface area contributed by atoms with E-state index in [0.29, 0.717) is 34.9 Å². The Morgan fingerprint density at radius 2 is 2.05 bits per heavy atom. The number of rotatable bonds is 5. The average Bonchev–Trinajstić information content (AvgIpc) is 2.52. The van der Waals surface area contributed by atoms with Crippen molar-refractivity contribution in [3.63, 3.8) is 0 Å². The molecule has 2 aromatic rings. The number of amides is 1. The van der Waals surface area contributed by atoms with Crippen LogP contribution in [0.15, 0.2) is 47.5 Å². The van der Waals surface area contributed by atoms with E-state index in [0.717, 1.165) is 0 Å². The number of aromatic nitrogens is 1. The summed E-state index contributed by atoms with van der Waals surface area (Å²) in [7, 11) is 0. The zero-order valence-corrected chi connectivity index (χ0v) is 12.1. The molecule has 1 aromatic heterocycles. The van der Waals surface area contributed by atoms with Gasteiger partial charge >= 0.3 is 0 Å². The second-order valence-electron chi connectivity index (χ2n) is 4.21. The second kappa shape index (κ2) is 7.31. The normalized spacial score (nSPS) is 9.71. The van der Waals surface area contributed by atoms with Crippen LogP contribution < -0.4 is 10.6 Å². The average molecular weight is 298 g/mol. The van der Waals surface area contributed by atoms with E-state index in [9.17, 15) is 4.79 Å². The molecule has 0 aliphatic carbocycles. The number of thiol groups is 1. The quantitative estimate of drug-likeness (QED) is 0.583. The van der Waals surface area contributed by atoms with Crippen molar-refractivity contribution in [2.45, 2.75) is 4.90 Å². The van der Waals surface area contributed by atoms with Gasteiger partial charge in [-0.1, -0.05) is 12.1 Å². The van der Waals surface area contributed by atoms with Crippen molar-refractivity contribution in [2.75, 3.05) is 18.4 Å². The summed E-state index contributed by atoms with van der Waals surface area (Å²) in [5.74, 6) is 0.341. The molecule has 0 spiro atoms. The fourth-order valence-corrected chi connectivity index (χ4v) is 2.02. The second-order valence-corrected chi connectivity index (χ2v) is 4.69. The lowest BCUT2D eigenvalue weighted by atomic mass is 10.2. The van der Waals surface area contributed by atoms with E-state index in [-0.39, 0.29) is 5.91 Å². The summed E-state index contributed by atoms with van der Waals surface area (Å²) in [5, 5.41) is 14.7. The molecule has 1 aromatic carbocycles. The smallest absolute Gasteiger partial charge is 0.252 e. The van der Waals surface area contributed by atoms with Crippen LogP contribution >= 0.6 is 12.6 Å². The largest absolute Gasteiger partial charge is 0.367 e. The van der Waals surface area contributed by atoms with Gasteiger partial charge in [0.25, 0.3) is 5.91 Å². The van der Waals surface area contributed by atoms with E-state index < -0.39 is 0 Å². The number of nitriles is 1. The molecule has 5 nitrogen and oxygen atoms in total. The highest BCUT2D eigenvalue weighted by Gasteiger charge is 2.07. The standard InChI is InChI=1S/C15H14N4OS/c16-10-11-4-3-7-17-14(11)18-8-9-19-15(20)12-5-1-2-6-13(12)21/h1-7,21H,8-9H2,(H,17,18)(H,19,20). The number of benzene rings is 1. The van der Waals surface area contributed by atoms with Crippen LogP contribution in [0.1, 0.15) is 15.9 Å². The van der Waals surface area contributed by atoms with Gasteiger partial charge in [0.1, 0.15) is 11.9 Å². The molecule has 0 fully saturated rings. The van der Waals surface area contributed by atoms with Crippen molar-refractivity contribution in [3.05, 3.63) is 53.7 Å². The molecule has 0 aliphatic rings. The van der Waals surface area contributed by atoms with Crippen LogP contribution in [0.5, 0.6) is 0 Å². The van der Waals surface area contributed by atoms with Gasteiger partial charge in [-0.25, -0.2) is 4.98 Å². The first-order valence-electron chi connectivity index (χ1n) is 6.37. The SMILES string of the molecule is N#Cc1cccnc1NCCNC(=O)c1ccccc1S. The minimum Gasteiger partial charge on any atom is -0.367 e. The Hall–Kier alpha value is -2.52. The van der Waals surface area contributed by atoms with Crippen LogP contribution in [0.3, 0.4) is 0 Å². The van der Waals surface area contributed by atoms with E-state index in [4.69, 9.17) is 5.26 Å². The molecular weight excluding hydrogens is 284 g/mol. The molecule has 6 heteroatoms. The third-order valence-electron chi connectivity index (χ3n) is 2.78. The van der Waals surface area contributed by atoms with Crippen LogP contribution in [0.25, 0.3) is 0 Å². The molecule has 2 N–H and O–H groups in total. The van der Waals surface area contributed by atoms with Crippen molar-refractivity contribution in [3.8, 4) is 6.07 Å². The van der Waals surface area contributed by atoms with E-state index in [1.807, 2.05) is 6.07 Å². The van der Waals surface area contributed by atoms with Crippen molar-refractivity contribution in [1.82, 2.24) is 10.3 Å². The fraction of sp³-hybridized carbons (Fsp3) is 0.133. The van der Waals surface area contributed by atoms with Gasteiger partial charge in [0.15, 0.2) is 0 Å². The molecular formula is C15H14N4OS. The summed E-state index contributed by atoms with van der Waals surface area (Å²) in [4.78, 5) is 16.7. The third kappa shape index (κ3) is 3.97.